The lowest BCUT2D eigenvalue weighted by molar-refractivity contribution is 0.672. The first-order chi connectivity index (χ1) is 6.75. The Bertz CT molecular complexity index is 414. The summed E-state index contributed by atoms with van der Waals surface area (Å²) in [5, 5.41) is 11.3. The van der Waals surface area contributed by atoms with Crippen molar-refractivity contribution >= 4 is 0 Å². The minimum Gasteiger partial charge on any atom is -0.365 e. The quantitative estimate of drug-likeness (QED) is 0.774. The molecule has 14 heavy (non-hydrogen) atoms. The smallest absolute Gasteiger partial charge is 0.151 e. The summed E-state index contributed by atoms with van der Waals surface area (Å²) in [7, 11) is 1.86. The molecule has 74 valence electrons. The SMILES string of the molecule is Cc1cc(CCc2nnnn2C)c[nH]1. The van der Waals surface area contributed by atoms with Crippen LogP contribution >= 0.6 is 0 Å². The number of rotatable bonds is 3. The van der Waals surface area contributed by atoms with Gasteiger partial charge in [-0.05, 0) is 35.4 Å². The molecule has 2 aromatic rings. The van der Waals surface area contributed by atoms with Crippen LogP contribution in [0.2, 0.25) is 0 Å². The molecule has 0 aliphatic carbocycles. The minimum absolute atomic E-state index is 0.876. The lowest BCUT2D eigenvalue weighted by Crippen LogP contribution is -2.01. The highest BCUT2D eigenvalue weighted by molar-refractivity contribution is 5.16. The van der Waals surface area contributed by atoms with E-state index in [1.807, 2.05) is 20.2 Å². The molecule has 1 N–H and O–H groups in total. The summed E-state index contributed by atoms with van der Waals surface area (Å²) in [5.41, 5.74) is 2.49. The van der Waals surface area contributed by atoms with Gasteiger partial charge in [-0.1, -0.05) is 0 Å². The number of hydrogen-bond donors (Lipinski definition) is 1. The Kier molecular flexibility index (Phi) is 2.30. The number of aromatic nitrogens is 5. The molecule has 2 heterocycles. The average molecular weight is 191 g/mol. The van der Waals surface area contributed by atoms with Gasteiger partial charge in [-0.15, -0.1) is 5.10 Å². The van der Waals surface area contributed by atoms with E-state index in [2.05, 4.69) is 26.6 Å². The fraction of sp³-hybridized carbons (Fsp3) is 0.444. The maximum Gasteiger partial charge on any atom is 0.151 e. The van der Waals surface area contributed by atoms with Crippen LogP contribution in [-0.4, -0.2) is 25.2 Å². The zero-order chi connectivity index (χ0) is 9.97. The Morgan fingerprint density at radius 3 is 2.86 bits per heavy atom. The van der Waals surface area contributed by atoms with Crippen molar-refractivity contribution < 1.29 is 0 Å². The van der Waals surface area contributed by atoms with E-state index in [4.69, 9.17) is 0 Å². The van der Waals surface area contributed by atoms with E-state index in [-0.39, 0.29) is 0 Å². The standard InChI is InChI=1S/C9H13N5/c1-7-5-8(6-10-7)3-4-9-11-12-13-14(9)2/h5-6,10H,3-4H2,1-2H3. The van der Waals surface area contributed by atoms with Gasteiger partial charge < -0.3 is 4.98 Å². The largest absolute Gasteiger partial charge is 0.365 e. The minimum atomic E-state index is 0.876. The summed E-state index contributed by atoms with van der Waals surface area (Å²) in [5.74, 6) is 0.920. The molecule has 0 amide bonds. The first-order valence-electron chi connectivity index (χ1n) is 4.61. The molecular weight excluding hydrogens is 178 g/mol. The molecule has 0 aliphatic rings. The van der Waals surface area contributed by atoms with Crippen molar-refractivity contribution in [1.29, 1.82) is 0 Å². The first-order valence-corrected chi connectivity index (χ1v) is 4.61. The molecule has 5 nitrogen and oxygen atoms in total. The van der Waals surface area contributed by atoms with Gasteiger partial charge in [0, 0.05) is 25.4 Å². The molecule has 2 aromatic heterocycles. The number of nitrogens with one attached hydrogen (secondary N) is 1. The molecule has 5 heteroatoms. The van der Waals surface area contributed by atoms with Gasteiger partial charge >= 0.3 is 0 Å². The van der Waals surface area contributed by atoms with Gasteiger partial charge in [0.25, 0.3) is 0 Å². The van der Waals surface area contributed by atoms with Gasteiger partial charge in [0.15, 0.2) is 5.82 Å². The molecule has 2 rings (SSSR count). The van der Waals surface area contributed by atoms with Crippen LogP contribution in [0.5, 0.6) is 0 Å². The van der Waals surface area contributed by atoms with E-state index >= 15 is 0 Å². The summed E-state index contributed by atoms with van der Waals surface area (Å²) >= 11 is 0. The van der Waals surface area contributed by atoms with Crippen molar-refractivity contribution in [3.05, 3.63) is 29.3 Å². The van der Waals surface area contributed by atoms with Crippen LogP contribution in [0.1, 0.15) is 17.1 Å². The van der Waals surface area contributed by atoms with Crippen LogP contribution in [-0.2, 0) is 19.9 Å². The molecule has 0 saturated heterocycles. The fourth-order valence-corrected chi connectivity index (χ4v) is 1.43. The molecule has 0 aromatic carbocycles. The molecule has 0 radical (unpaired) electrons. The number of hydrogen-bond acceptors (Lipinski definition) is 3. The highest BCUT2D eigenvalue weighted by atomic mass is 15.5. The molecule has 0 fully saturated rings. The number of aryl methyl sites for hydroxylation is 4. The number of nitrogens with zero attached hydrogens (tertiary/aromatic N) is 4. The third kappa shape index (κ3) is 1.81. The van der Waals surface area contributed by atoms with Gasteiger partial charge in [-0.2, -0.15) is 0 Å². The van der Waals surface area contributed by atoms with E-state index in [0.717, 1.165) is 18.7 Å². The third-order valence-electron chi connectivity index (χ3n) is 2.23. The highest BCUT2D eigenvalue weighted by Crippen LogP contribution is 2.05. The first kappa shape index (κ1) is 8.93. The van der Waals surface area contributed by atoms with E-state index < -0.39 is 0 Å². The molecular formula is C9H13N5. The second kappa shape index (κ2) is 3.61. The van der Waals surface area contributed by atoms with Gasteiger partial charge in [0.2, 0.25) is 0 Å². The fourth-order valence-electron chi connectivity index (χ4n) is 1.43. The van der Waals surface area contributed by atoms with Gasteiger partial charge in [0.05, 0.1) is 0 Å². The van der Waals surface area contributed by atoms with E-state index in [1.54, 1.807) is 4.68 Å². The number of tetrazole rings is 1. The molecule has 0 spiro atoms. The normalized spacial score (nSPS) is 10.7. The number of aromatic amines is 1. The number of H-pyrrole nitrogens is 1. The zero-order valence-corrected chi connectivity index (χ0v) is 8.36. The van der Waals surface area contributed by atoms with Crippen molar-refractivity contribution in [3.8, 4) is 0 Å². The van der Waals surface area contributed by atoms with Crippen LogP contribution in [0.15, 0.2) is 12.3 Å². The van der Waals surface area contributed by atoms with Crippen LogP contribution in [0, 0.1) is 6.92 Å². The molecule has 0 atom stereocenters. The summed E-state index contributed by atoms with van der Waals surface area (Å²) < 4.78 is 1.71. The van der Waals surface area contributed by atoms with Gasteiger partial charge in [-0.25, -0.2) is 4.68 Å². The van der Waals surface area contributed by atoms with Crippen molar-refractivity contribution in [2.24, 2.45) is 7.05 Å². The predicted octanol–water partition coefficient (Wildman–Crippen LogP) is 0.632. The average Bonchev–Trinajstić information content (AvgIpc) is 2.72. The summed E-state index contributed by atoms with van der Waals surface area (Å²) in [6, 6.07) is 2.14. The molecule has 0 bridgehead atoms. The molecule has 0 saturated carbocycles. The van der Waals surface area contributed by atoms with Gasteiger partial charge in [-0.3, -0.25) is 0 Å². The third-order valence-corrected chi connectivity index (χ3v) is 2.23. The summed E-state index contributed by atoms with van der Waals surface area (Å²) in [6.07, 6.45) is 3.87. The Morgan fingerprint density at radius 1 is 1.43 bits per heavy atom. The summed E-state index contributed by atoms with van der Waals surface area (Å²) in [4.78, 5) is 3.15. The lowest BCUT2D eigenvalue weighted by atomic mass is 10.2. The maximum absolute atomic E-state index is 3.93. The van der Waals surface area contributed by atoms with Crippen molar-refractivity contribution in [3.63, 3.8) is 0 Å². The Labute approximate surface area is 82.1 Å². The van der Waals surface area contributed by atoms with Crippen LogP contribution in [0.4, 0.5) is 0 Å². The van der Waals surface area contributed by atoms with E-state index in [9.17, 15) is 0 Å². The zero-order valence-electron chi connectivity index (χ0n) is 8.36. The second-order valence-corrected chi connectivity index (χ2v) is 3.41. The van der Waals surface area contributed by atoms with Crippen LogP contribution in [0.25, 0.3) is 0 Å². The summed E-state index contributed by atoms with van der Waals surface area (Å²) in [6.45, 7) is 2.05. The predicted molar refractivity (Wildman–Crippen MR) is 51.7 cm³/mol. The Hall–Kier alpha value is -1.65. The van der Waals surface area contributed by atoms with Crippen molar-refractivity contribution in [1.82, 2.24) is 25.2 Å². The second-order valence-electron chi connectivity index (χ2n) is 3.41. The monoisotopic (exact) mass is 191 g/mol. The lowest BCUT2D eigenvalue weighted by Gasteiger charge is -1.96. The topological polar surface area (TPSA) is 59.4 Å². The van der Waals surface area contributed by atoms with Crippen molar-refractivity contribution in [2.75, 3.05) is 0 Å². The van der Waals surface area contributed by atoms with Crippen LogP contribution in [0.3, 0.4) is 0 Å². The van der Waals surface area contributed by atoms with Crippen molar-refractivity contribution in [2.45, 2.75) is 19.8 Å². The van der Waals surface area contributed by atoms with E-state index in [0.29, 0.717) is 0 Å². The Morgan fingerprint density at radius 2 is 2.29 bits per heavy atom. The van der Waals surface area contributed by atoms with Crippen LogP contribution < -0.4 is 0 Å². The Balaban J connectivity index is 1.98. The maximum atomic E-state index is 3.93. The highest BCUT2D eigenvalue weighted by Gasteiger charge is 2.03. The van der Waals surface area contributed by atoms with E-state index in [1.165, 1.54) is 11.3 Å². The van der Waals surface area contributed by atoms with Gasteiger partial charge in [0.1, 0.15) is 0 Å². The molecule has 0 aliphatic heterocycles. The molecule has 0 unspecified atom stereocenters.